The van der Waals surface area contributed by atoms with Gasteiger partial charge in [-0.1, -0.05) is 6.07 Å². The molecule has 1 heterocycles. The third-order valence-electron chi connectivity index (χ3n) is 3.65. The lowest BCUT2D eigenvalue weighted by atomic mass is 10.2. The number of non-ortho nitro benzene ring substituents is 1. The first-order valence-electron chi connectivity index (χ1n) is 7.36. The summed E-state index contributed by atoms with van der Waals surface area (Å²) < 4.78 is 11.0. The first kappa shape index (κ1) is 16.7. The van der Waals surface area contributed by atoms with E-state index in [0.29, 0.717) is 18.9 Å². The van der Waals surface area contributed by atoms with Gasteiger partial charge in [0.1, 0.15) is 18.5 Å². The Morgan fingerprint density at radius 2 is 2.32 bits per heavy atom. The summed E-state index contributed by atoms with van der Waals surface area (Å²) in [5.41, 5.74) is -0.0254. The van der Waals surface area contributed by atoms with Crippen LogP contribution in [0.3, 0.4) is 0 Å². The zero-order valence-electron chi connectivity index (χ0n) is 12.8. The van der Waals surface area contributed by atoms with Gasteiger partial charge >= 0.3 is 0 Å². The fourth-order valence-corrected chi connectivity index (χ4v) is 2.43. The molecule has 1 aliphatic heterocycles. The molecule has 7 heteroatoms. The predicted octanol–water partition coefficient (Wildman–Crippen LogP) is 1.44. The molecule has 0 amide bonds. The highest BCUT2D eigenvalue weighted by Crippen LogP contribution is 2.19. The van der Waals surface area contributed by atoms with E-state index in [0.717, 1.165) is 6.54 Å². The van der Waals surface area contributed by atoms with Crippen LogP contribution in [0.4, 0.5) is 5.69 Å². The van der Waals surface area contributed by atoms with E-state index < -0.39 is 11.0 Å². The lowest BCUT2D eigenvalue weighted by molar-refractivity contribution is -0.384. The summed E-state index contributed by atoms with van der Waals surface area (Å²) in [6.45, 7) is 6.07. The number of benzene rings is 1. The molecule has 1 aromatic rings. The van der Waals surface area contributed by atoms with Gasteiger partial charge in [0.2, 0.25) is 0 Å². The molecule has 1 aromatic carbocycles. The summed E-state index contributed by atoms with van der Waals surface area (Å²) in [6, 6.07) is 6.21. The third kappa shape index (κ3) is 4.66. The SMILES string of the molecule is CC1CN(CC(O)COc2cccc([N+](=O)[O-])c2)C(C)CO1. The van der Waals surface area contributed by atoms with Crippen LogP contribution >= 0.6 is 0 Å². The number of nitrogens with zero attached hydrogens (tertiary/aromatic N) is 2. The number of hydrogen-bond acceptors (Lipinski definition) is 6. The second kappa shape index (κ2) is 7.53. The van der Waals surface area contributed by atoms with Crippen LogP contribution in [0.1, 0.15) is 13.8 Å². The standard InChI is InChI=1S/C15H22N2O5/c1-11-9-21-12(2)7-16(11)8-14(18)10-22-15-5-3-4-13(6-15)17(19)20/h3-6,11-12,14,18H,7-10H2,1-2H3. The smallest absolute Gasteiger partial charge is 0.273 e. The summed E-state index contributed by atoms with van der Waals surface area (Å²) in [5.74, 6) is 0.386. The lowest BCUT2D eigenvalue weighted by Gasteiger charge is -2.37. The molecule has 7 nitrogen and oxygen atoms in total. The molecule has 0 radical (unpaired) electrons. The van der Waals surface area contributed by atoms with Crippen LogP contribution in [0.2, 0.25) is 0 Å². The summed E-state index contributed by atoms with van der Waals surface area (Å²) >= 11 is 0. The van der Waals surface area contributed by atoms with Crippen molar-refractivity contribution < 1.29 is 19.5 Å². The van der Waals surface area contributed by atoms with Crippen LogP contribution in [0, 0.1) is 10.1 Å². The number of morpholine rings is 1. The number of ether oxygens (including phenoxy) is 2. The maximum absolute atomic E-state index is 10.7. The van der Waals surface area contributed by atoms with E-state index in [9.17, 15) is 15.2 Å². The number of aliphatic hydroxyl groups is 1. The normalized spacial score (nSPS) is 24.0. The van der Waals surface area contributed by atoms with Crippen LogP contribution in [0.5, 0.6) is 5.75 Å². The molecule has 2 rings (SSSR count). The van der Waals surface area contributed by atoms with Gasteiger partial charge in [-0.25, -0.2) is 0 Å². The Labute approximate surface area is 129 Å². The molecule has 1 aliphatic rings. The minimum atomic E-state index is -0.660. The maximum atomic E-state index is 10.7. The number of nitro benzene ring substituents is 1. The van der Waals surface area contributed by atoms with Crippen molar-refractivity contribution in [3.8, 4) is 5.75 Å². The van der Waals surface area contributed by atoms with Crippen LogP contribution in [0.15, 0.2) is 24.3 Å². The van der Waals surface area contributed by atoms with Gasteiger partial charge in [-0.05, 0) is 19.9 Å². The van der Waals surface area contributed by atoms with E-state index in [1.54, 1.807) is 12.1 Å². The molecule has 0 bridgehead atoms. The van der Waals surface area contributed by atoms with Crippen LogP contribution < -0.4 is 4.74 Å². The number of nitro groups is 1. The highest BCUT2D eigenvalue weighted by Gasteiger charge is 2.25. The van der Waals surface area contributed by atoms with Crippen molar-refractivity contribution in [3.63, 3.8) is 0 Å². The average molecular weight is 310 g/mol. The Hall–Kier alpha value is -1.70. The molecule has 1 fully saturated rings. The van der Waals surface area contributed by atoms with Crippen molar-refractivity contribution in [1.29, 1.82) is 0 Å². The van der Waals surface area contributed by atoms with Gasteiger partial charge in [0.25, 0.3) is 5.69 Å². The molecule has 0 aromatic heterocycles. The van der Waals surface area contributed by atoms with Gasteiger partial charge in [-0.2, -0.15) is 0 Å². The molecule has 0 saturated carbocycles. The minimum Gasteiger partial charge on any atom is -0.491 e. The zero-order chi connectivity index (χ0) is 16.1. The minimum absolute atomic E-state index is 0.0254. The number of aliphatic hydroxyl groups excluding tert-OH is 1. The van der Waals surface area contributed by atoms with Crippen molar-refractivity contribution >= 4 is 5.69 Å². The molecular formula is C15H22N2O5. The second-order valence-corrected chi connectivity index (χ2v) is 5.67. The number of hydrogen-bond donors (Lipinski definition) is 1. The van der Waals surface area contributed by atoms with E-state index in [4.69, 9.17) is 9.47 Å². The number of β-amino-alcohol motifs (C(OH)–C–C–N with tert-alkyl or cyclic N) is 1. The van der Waals surface area contributed by atoms with E-state index >= 15 is 0 Å². The second-order valence-electron chi connectivity index (χ2n) is 5.67. The Kier molecular flexibility index (Phi) is 5.70. The summed E-state index contributed by atoms with van der Waals surface area (Å²) in [6.07, 6.45) is -0.506. The highest BCUT2D eigenvalue weighted by atomic mass is 16.6. The van der Waals surface area contributed by atoms with E-state index in [-0.39, 0.29) is 24.4 Å². The average Bonchev–Trinajstić information content (AvgIpc) is 2.49. The maximum Gasteiger partial charge on any atom is 0.273 e. The molecule has 1 saturated heterocycles. The summed E-state index contributed by atoms with van der Waals surface area (Å²) in [5, 5.41) is 20.8. The Morgan fingerprint density at radius 3 is 3.05 bits per heavy atom. The Bertz CT molecular complexity index is 510. The fraction of sp³-hybridized carbons (Fsp3) is 0.600. The van der Waals surface area contributed by atoms with Crippen LogP contribution in [0.25, 0.3) is 0 Å². The summed E-state index contributed by atoms with van der Waals surface area (Å²) in [4.78, 5) is 12.4. The van der Waals surface area contributed by atoms with Gasteiger partial charge in [0.15, 0.2) is 0 Å². The van der Waals surface area contributed by atoms with Crippen molar-refractivity contribution in [3.05, 3.63) is 34.4 Å². The van der Waals surface area contributed by atoms with Gasteiger partial charge in [0, 0.05) is 25.2 Å². The molecule has 3 atom stereocenters. The van der Waals surface area contributed by atoms with Crippen LogP contribution in [-0.2, 0) is 4.74 Å². The van der Waals surface area contributed by atoms with Crippen LogP contribution in [-0.4, -0.2) is 59.5 Å². The quantitative estimate of drug-likeness (QED) is 0.632. The summed E-state index contributed by atoms with van der Waals surface area (Å²) in [7, 11) is 0. The molecule has 1 N–H and O–H groups in total. The first-order valence-corrected chi connectivity index (χ1v) is 7.36. The van der Waals surface area contributed by atoms with Crippen molar-refractivity contribution in [2.75, 3.05) is 26.3 Å². The molecule has 0 aliphatic carbocycles. The van der Waals surface area contributed by atoms with Crippen molar-refractivity contribution in [2.45, 2.75) is 32.1 Å². The molecule has 3 unspecified atom stereocenters. The predicted molar refractivity (Wildman–Crippen MR) is 81.0 cm³/mol. The lowest BCUT2D eigenvalue weighted by Crippen LogP contribution is -2.50. The Balaban J connectivity index is 1.83. The molecule has 22 heavy (non-hydrogen) atoms. The third-order valence-corrected chi connectivity index (χ3v) is 3.65. The first-order chi connectivity index (χ1) is 10.5. The van der Waals surface area contributed by atoms with E-state index in [1.165, 1.54) is 12.1 Å². The van der Waals surface area contributed by atoms with Crippen molar-refractivity contribution in [1.82, 2.24) is 4.90 Å². The Morgan fingerprint density at radius 1 is 1.55 bits per heavy atom. The largest absolute Gasteiger partial charge is 0.491 e. The molecular weight excluding hydrogens is 288 g/mol. The van der Waals surface area contributed by atoms with Gasteiger partial charge < -0.3 is 14.6 Å². The van der Waals surface area contributed by atoms with E-state index in [1.807, 2.05) is 6.92 Å². The topological polar surface area (TPSA) is 85.1 Å². The number of rotatable bonds is 6. The van der Waals surface area contributed by atoms with Gasteiger partial charge in [0.05, 0.1) is 23.7 Å². The monoisotopic (exact) mass is 310 g/mol. The fourth-order valence-electron chi connectivity index (χ4n) is 2.43. The van der Waals surface area contributed by atoms with E-state index in [2.05, 4.69) is 11.8 Å². The van der Waals surface area contributed by atoms with Crippen molar-refractivity contribution in [2.24, 2.45) is 0 Å². The zero-order valence-corrected chi connectivity index (χ0v) is 12.8. The van der Waals surface area contributed by atoms with Gasteiger partial charge in [-0.3, -0.25) is 15.0 Å². The highest BCUT2D eigenvalue weighted by molar-refractivity contribution is 5.37. The molecule has 0 spiro atoms. The van der Waals surface area contributed by atoms with Gasteiger partial charge in [-0.15, -0.1) is 0 Å². The molecule has 122 valence electrons.